The van der Waals surface area contributed by atoms with Crippen LogP contribution < -0.4 is 0 Å². The Balaban J connectivity index is 3.83. The molecule has 0 rings (SSSR count). The summed E-state index contributed by atoms with van der Waals surface area (Å²) in [5, 5.41) is 15.7. The zero-order valence-electron chi connectivity index (χ0n) is 5.40. The van der Waals surface area contributed by atoms with Gasteiger partial charge in [-0.3, -0.25) is 9.59 Å². The van der Waals surface area contributed by atoms with Crippen LogP contribution in [-0.4, -0.2) is 33.7 Å². The molecule has 0 radical (unpaired) electrons. The van der Waals surface area contributed by atoms with Gasteiger partial charge in [0.1, 0.15) is 5.25 Å². The summed E-state index contributed by atoms with van der Waals surface area (Å²) in [6.07, 6.45) is 1.25. The van der Waals surface area contributed by atoms with E-state index >= 15 is 0 Å². The molecule has 0 heterocycles. The zero-order chi connectivity index (χ0) is 8.15. The second-order valence-corrected chi connectivity index (χ2v) is 2.70. The number of rotatable bonds is 4. The summed E-state index contributed by atoms with van der Waals surface area (Å²) in [5.41, 5.74) is 0. The van der Waals surface area contributed by atoms with E-state index in [1.807, 2.05) is 0 Å². The Morgan fingerprint density at radius 3 is 2.10 bits per heavy atom. The molecule has 0 aliphatic carbocycles. The van der Waals surface area contributed by atoms with Crippen molar-refractivity contribution in [3.05, 3.63) is 0 Å². The maximum Gasteiger partial charge on any atom is 0.317 e. The number of thioether (sulfide) groups is 1. The largest absolute Gasteiger partial charge is 0.481 e. The molecule has 2 N–H and O–H groups in total. The van der Waals surface area contributed by atoms with E-state index < -0.39 is 17.2 Å². The van der Waals surface area contributed by atoms with Crippen LogP contribution in [0, 0.1) is 0 Å². The van der Waals surface area contributed by atoms with Gasteiger partial charge in [-0.25, -0.2) is 0 Å². The third-order valence-corrected chi connectivity index (χ3v) is 1.86. The molecule has 0 spiro atoms. The molecule has 0 aromatic rings. The first-order valence-electron chi connectivity index (χ1n) is 2.55. The highest BCUT2D eigenvalue weighted by molar-refractivity contribution is 7.99. The maximum atomic E-state index is 10.2. The van der Waals surface area contributed by atoms with Gasteiger partial charge in [0, 0.05) is 0 Å². The fourth-order valence-corrected chi connectivity index (χ4v) is 0.941. The van der Waals surface area contributed by atoms with Gasteiger partial charge in [0.2, 0.25) is 0 Å². The Kier molecular flexibility index (Phi) is 3.87. The number of hydrogen-bond donors (Lipinski definition) is 2. The van der Waals surface area contributed by atoms with Crippen molar-refractivity contribution in [1.82, 2.24) is 0 Å². The van der Waals surface area contributed by atoms with E-state index in [0.29, 0.717) is 0 Å². The SMILES string of the molecule is CS[C@@H](CC(=O)O)C(=O)O. The van der Waals surface area contributed by atoms with Gasteiger partial charge in [-0.2, -0.15) is 0 Å². The molecular weight excluding hydrogens is 156 g/mol. The molecule has 58 valence electrons. The summed E-state index contributed by atoms with van der Waals surface area (Å²) < 4.78 is 0. The molecule has 0 aromatic carbocycles. The minimum Gasteiger partial charge on any atom is -0.481 e. The lowest BCUT2D eigenvalue weighted by Gasteiger charge is -2.03. The Hall–Kier alpha value is -0.710. The Labute approximate surface area is 62.2 Å². The van der Waals surface area contributed by atoms with Gasteiger partial charge in [0.25, 0.3) is 0 Å². The van der Waals surface area contributed by atoms with Crippen LogP contribution >= 0.6 is 11.8 Å². The molecule has 0 unspecified atom stereocenters. The number of hydrogen-bond acceptors (Lipinski definition) is 3. The highest BCUT2D eigenvalue weighted by Crippen LogP contribution is 2.10. The zero-order valence-corrected chi connectivity index (χ0v) is 6.22. The standard InChI is InChI=1S/C5H8O4S/c1-10-3(5(8)9)2-4(6)7/h3H,2H2,1H3,(H,6,7)(H,8,9)/t3-/m0/s1. The van der Waals surface area contributed by atoms with Gasteiger partial charge >= 0.3 is 11.9 Å². The molecule has 4 nitrogen and oxygen atoms in total. The Morgan fingerprint density at radius 2 is 2.00 bits per heavy atom. The van der Waals surface area contributed by atoms with Crippen LogP contribution in [-0.2, 0) is 9.59 Å². The molecule has 0 amide bonds. The van der Waals surface area contributed by atoms with Crippen molar-refractivity contribution >= 4 is 23.7 Å². The van der Waals surface area contributed by atoms with Crippen molar-refractivity contribution < 1.29 is 19.8 Å². The van der Waals surface area contributed by atoms with E-state index in [1.165, 1.54) is 0 Å². The second-order valence-electron chi connectivity index (χ2n) is 1.66. The van der Waals surface area contributed by atoms with E-state index in [9.17, 15) is 9.59 Å². The highest BCUT2D eigenvalue weighted by Gasteiger charge is 2.18. The normalized spacial score (nSPS) is 12.5. The van der Waals surface area contributed by atoms with Crippen LogP contribution in [0.5, 0.6) is 0 Å². The molecular formula is C5H8O4S. The molecule has 0 saturated carbocycles. The van der Waals surface area contributed by atoms with Gasteiger partial charge in [0.05, 0.1) is 6.42 Å². The lowest BCUT2D eigenvalue weighted by atomic mass is 10.3. The van der Waals surface area contributed by atoms with Gasteiger partial charge in [0.15, 0.2) is 0 Å². The average Bonchev–Trinajstić information content (AvgIpc) is 1.81. The molecule has 1 atom stereocenters. The first kappa shape index (κ1) is 9.29. The van der Waals surface area contributed by atoms with Crippen LogP contribution in [0.3, 0.4) is 0 Å². The third-order valence-electron chi connectivity index (χ3n) is 0.920. The first-order chi connectivity index (χ1) is 4.57. The van der Waals surface area contributed by atoms with E-state index in [0.717, 1.165) is 11.8 Å². The quantitative estimate of drug-likeness (QED) is 0.624. The summed E-state index contributed by atoms with van der Waals surface area (Å²) in [6, 6.07) is 0. The summed E-state index contributed by atoms with van der Waals surface area (Å²) in [5.74, 6) is -2.16. The van der Waals surface area contributed by atoms with Crippen molar-refractivity contribution in [2.45, 2.75) is 11.7 Å². The number of carboxylic acids is 2. The van der Waals surface area contributed by atoms with E-state index in [4.69, 9.17) is 10.2 Å². The monoisotopic (exact) mass is 164 g/mol. The predicted octanol–water partition coefficient (Wildman–Crippen LogP) is 0.277. The van der Waals surface area contributed by atoms with Gasteiger partial charge in [-0.15, -0.1) is 11.8 Å². The minimum atomic E-state index is -1.08. The van der Waals surface area contributed by atoms with Gasteiger partial charge < -0.3 is 10.2 Å². The molecule has 0 saturated heterocycles. The van der Waals surface area contributed by atoms with Crippen LogP contribution in [0.25, 0.3) is 0 Å². The highest BCUT2D eigenvalue weighted by atomic mass is 32.2. The summed E-state index contributed by atoms with van der Waals surface area (Å²) in [4.78, 5) is 20.2. The topological polar surface area (TPSA) is 74.6 Å². The lowest BCUT2D eigenvalue weighted by molar-refractivity contribution is -0.142. The van der Waals surface area contributed by atoms with Crippen molar-refractivity contribution in [3.8, 4) is 0 Å². The number of carboxylic acid groups (broad SMARTS) is 2. The van der Waals surface area contributed by atoms with E-state index in [2.05, 4.69) is 0 Å². The average molecular weight is 164 g/mol. The summed E-state index contributed by atoms with van der Waals surface area (Å²) in [7, 11) is 0. The number of aliphatic carboxylic acids is 2. The molecule has 5 heteroatoms. The fraction of sp³-hybridized carbons (Fsp3) is 0.600. The van der Waals surface area contributed by atoms with Gasteiger partial charge in [-0.05, 0) is 6.26 Å². The van der Waals surface area contributed by atoms with E-state index in [-0.39, 0.29) is 6.42 Å². The van der Waals surface area contributed by atoms with Crippen molar-refractivity contribution in [3.63, 3.8) is 0 Å². The Morgan fingerprint density at radius 1 is 1.50 bits per heavy atom. The van der Waals surface area contributed by atoms with Crippen molar-refractivity contribution in [2.24, 2.45) is 0 Å². The molecule has 0 aromatic heterocycles. The molecule has 10 heavy (non-hydrogen) atoms. The molecule has 0 fully saturated rings. The summed E-state index contributed by atoms with van der Waals surface area (Å²) in [6.45, 7) is 0. The third kappa shape index (κ3) is 3.34. The Bertz CT molecular complexity index is 145. The van der Waals surface area contributed by atoms with Crippen molar-refractivity contribution in [2.75, 3.05) is 6.26 Å². The van der Waals surface area contributed by atoms with Crippen LogP contribution in [0.2, 0.25) is 0 Å². The predicted molar refractivity (Wildman–Crippen MR) is 37.2 cm³/mol. The second kappa shape index (κ2) is 4.16. The van der Waals surface area contributed by atoms with E-state index in [1.54, 1.807) is 6.26 Å². The maximum absolute atomic E-state index is 10.2. The first-order valence-corrected chi connectivity index (χ1v) is 3.84. The van der Waals surface area contributed by atoms with Crippen molar-refractivity contribution in [1.29, 1.82) is 0 Å². The minimum absolute atomic E-state index is 0.323. The van der Waals surface area contributed by atoms with Crippen LogP contribution in [0.4, 0.5) is 0 Å². The van der Waals surface area contributed by atoms with Crippen LogP contribution in [0.1, 0.15) is 6.42 Å². The van der Waals surface area contributed by atoms with Gasteiger partial charge in [-0.1, -0.05) is 0 Å². The lowest BCUT2D eigenvalue weighted by Crippen LogP contribution is -2.19. The smallest absolute Gasteiger partial charge is 0.317 e. The summed E-state index contributed by atoms with van der Waals surface area (Å²) >= 11 is 1.03. The molecule has 0 aliphatic rings. The molecule has 0 bridgehead atoms. The number of carbonyl (C=O) groups is 2. The van der Waals surface area contributed by atoms with Crippen LogP contribution in [0.15, 0.2) is 0 Å². The fourth-order valence-electron chi connectivity index (χ4n) is 0.430. The molecule has 0 aliphatic heterocycles.